The summed E-state index contributed by atoms with van der Waals surface area (Å²) in [7, 11) is -3.09. The van der Waals surface area contributed by atoms with Gasteiger partial charge in [-0.25, -0.2) is 12.8 Å². The van der Waals surface area contributed by atoms with Crippen LogP contribution in [0, 0.1) is 11.7 Å². The van der Waals surface area contributed by atoms with E-state index in [0.29, 0.717) is 0 Å². The minimum atomic E-state index is -4.64. The number of benzene rings is 2. The molecular formula is C21H16Cl2F4O3S. The largest absolute Gasteiger partial charge is 0.399 e. The second-order valence-corrected chi connectivity index (χ2v) is 10.4. The van der Waals surface area contributed by atoms with Gasteiger partial charge in [0.05, 0.1) is 23.0 Å². The minimum Gasteiger partial charge on any atom is -0.294 e. The van der Waals surface area contributed by atoms with Crippen molar-refractivity contribution in [2.24, 2.45) is 5.92 Å². The molecule has 0 N–H and O–H groups in total. The second kappa shape index (κ2) is 8.92. The summed E-state index contributed by atoms with van der Waals surface area (Å²) in [6.07, 6.45) is -2.78. The highest BCUT2D eigenvalue weighted by Crippen LogP contribution is 2.38. The van der Waals surface area contributed by atoms with Crippen molar-refractivity contribution in [3.05, 3.63) is 75.0 Å². The summed E-state index contributed by atoms with van der Waals surface area (Å²) in [4.78, 5) is 12.2. The summed E-state index contributed by atoms with van der Waals surface area (Å²) in [5.41, 5.74) is -0.262. The number of halogens is 6. The van der Waals surface area contributed by atoms with Gasteiger partial charge >= 0.3 is 6.18 Å². The molecule has 1 atom stereocenters. The molecule has 31 heavy (non-hydrogen) atoms. The van der Waals surface area contributed by atoms with Crippen LogP contribution >= 0.6 is 23.2 Å². The molecule has 0 spiro atoms. The van der Waals surface area contributed by atoms with Crippen molar-refractivity contribution in [1.29, 1.82) is 0 Å². The van der Waals surface area contributed by atoms with Crippen molar-refractivity contribution >= 4 is 44.9 Å². The second-order valence-electron chi connectivity index (χ2n) is 7.39. The lowest BCUT2D eigenvalue weighted by Crippen LogP contribution is -2.37. The van der Waals surface area contributed by atoms with E-state index in [1.165, 1.54) is 18.2 Å². The summed E-state index contributed by atoms with van der Waals surface area (Å²) in [5, 5.41) is 0.108. The van der Waals surface area contributed by atoms with Crippen LogP contribution in [0.4, 0.5) is 17.6 Å². The molecule has 166 valence electrons. The molecule has 0 bridgehead atoms. The Hall–Kier alpha value is -1.90. The number of hydrogen-bond acceptors (Lipinski definition) is 3. The number of hydrogen-bond donors (Lipinski definition) is 0. The van der Waals surface area contributed by atoms with Gasteiger partial charge in [-0.1, -0.05) is 41.4 Å². The van der Waals surface area contributed by atoms with Crippen LogP contribution in [0.1, 0.15) is 33.8 Å². The molecule has 1 fully saturated rings. The number of carbonyl (C=O) groups is 1. The van der Waals surface area contributed by atoms with E-state index in [1.807, 2.05) is 0 Å². The zero-order valence-corrected chi connectivity index (χ0v) is 18.1. The van der Waals surface area contributed by atoms with Gasteiger partial charge in [-0.05, 0) is 47.4 Å². The van der Waals surface area contributed by atoms with Gasteiger partial charge in [0.2, 0.25) is 0 Å². The fraction of sp³-hybridized carbons (Fsp3) is 0.286. The lowest BCUT2D eigenvalue weighted by Gasteiger charge is -2.24. The van der Waals surface area contributed by atoms with E-state index >= 15 is 0 Å². The van der Waals surface area contributed by atoms with Crippen molar-refractivity contribution < 1.29 is 30.8 Å². The van der Waals surface area contributed by atoms with Gasteiger partial charge in [0, 0.05) is 16.5 Å². The molecular weight excluding hydrogens is 479 g/mol. The van der Waals surface area contributed by atoms with Gasteiger partial charge in [0.15, 0.2) is 15.6 Å². The fourth-order valence-electron chi connectivity index (χ4n) is 3.39. The molecule has 10 heteroatoms. The van der Waals surface area contributed by atoms with Crippen LogP contribution in [0.2, 0.25) is 10.0 Å². The predicted molar refractivity (Wildman–Crippen MR) is 112 cm³/mol. The number of allylic oxidation sites excluding steroid dienone is 1. The maximum Gasteiger partial charge on any atom is 0.399 e. The maximum atomic E-state index is 14.4. The summed E-state index contributed by atoms with van der Waals surface area (Å²) < 4.78 is 77.3. The Morgan fingerprint density at radius 1 is 1.10 bits per heavy atom. The van der Waals surface area contributed by atoms with Crippen molar-refractivity contribution in [3.8, 4) is 0 Å². The number of rotatable bonds is 6. The van der Waals surface area contributed by atoms with Gasteiger partial charge in [-0.3, -0.25) is 4.79 Å². The van der Waals surface area contributed by atoms with Crippen LogP contribution < -0.4 is 0 Å². The van der Waals surface area contributed by atoms with E-state index < -0.39 is 33.5 Å². The first-order valence-electron chi connectivity index (χ1n) is 9.08. The van der Waals surface area contributed by atoms with Gasteiger partial charge in [0.1, 0.15) is 5.82 Å². The van der Waals surface area contributed by atoms with Crippen LogP contribution in [0.3, 0.4) is 0 Å². The van der Waals surface area contributed by atoms with E-state index in [0.717, 1.165) is 30.4 Å². The number of carbonyl (C=O) groups excluding carboxylic acids is 1. The molecule has 0 saturated carbocycles. The molecule has 2 aromatic carbocycles. The fourth-order valence-corrected chi connectivity index (χ4v) is 5.51. The first-order chi connectivity index (χ1) is 14.3. The average molecular weight is 495 g/mol. The summed E-state index contributed by atoms with van der Waals surface area (Å²) in [6, 6.07) is 7.08. The molecule has 0 radical (unpaired) electrons. The molecule has 3 rings (SSSR count). The normalized spacial score (nSPS) is 17.5. The van der Waals surface area contributed by atoms with Crippen LogP contribution in [0.5, 0.6) is 0 Å². The van der Waals surface area contributed by atoms with Crippen LogP contribution in [-0.4, -0.2) is 31.9 Å². The third-order valence-electron chi connectivity index (χ3n) is 4.82. The summed E-state index contributed by atoms with van der Waals surface area (Å²) >= 11 is 11.6. The quantitative estimate of drug-likeness (QED) is 0.359. The highest BCUT2D eigenvalue weighted by molar-refractivity contribution is 7.92. The van der Waals surface area contributed by atoms with E-state index in [-0.39, 0.29) is 50.6 Å². The molecule has 0 aliphatic carbocycles. The molecule has 0 aromatic heterocycles. The van der Waals surface area contributed by atoms with Gasteiger partial charge in [-0.15, -0.1) is 0 Å². The lowest BCUT2D eigenvalue weighted by molar-refractivity contribution is -0.139. The van der Waals surface area contributed by atoms with Crippen LogP contribution in [-0.2, 0) is 9.84 Å². The number of Topliss-reactive ketones (excluding diaryl/α,β-unsaturated/α-hetero) is 1. The Morgan fingerprint density at radius 2 is 1.71 bits per heavy atom. The monoisotopic (exact) mass is 494 g/mol. The van der Waals surface area contributed by atoms with E-state index in [1.54, 1.807) is 0 Å². The first kappa shape index (κ1) is 23.8. The van der Waals surface area contributed by atoms with Crippen molar-refractivity contribution in [2.75, 3.05) is 11.5 Å². The van der Waals surface area contributed by atoms with E-state index in [2.05, 4.69) is 0 Å². The predicted octanol–water partition coefficient (Wildman–Crippen LogP) is 6.11. The Balaban J connectivity index is 1.79. The number of alkyl halides is 3. The SMILES string of the molecule is O=C(CC1CS(=O)(=O)C1)c1ccc(/C=C/C(c2cc(Cl)cc(Cl)c2)C(F)(F)F)cc1F. The number of sulfone groups is 1. The molecule has 1 saturated heterocycles. The van der Waals surface area contributed by atoms with Crippen LogP contribution in [0.15, 0.2) is 42.5 Å². The molecule has 1 heterocycles. The Kier molecular flexibility index (Phi) is 6.84. The first-order valence-corrected chi connectivity index (χ1v) is 11.7. The Labute approximate surface area is 186 Å². The Morgan fingerprint density at radius 3 is 2.23 bits per heavy atom. The van der Waals surface area contributed by atoms with Crippen molar-refractivity contribution in [2.45, 2.75) is 18.5 Å². The molecule has 1 unspecified atom stereocenters. The van der Waals surface area contributed by atoms with Gasteiger partial charge in [0.25, 0.3) is 0 Å². The average Bonchev–Trinajstić information content (AvgIpc) is 2.58. The lowest BCUT2D eigenvalue weighted by atomic mass is 9.96. The highest BCUT2D eigenvalue weighted by atomic mass is 35.5. The molecule has 2 aromatic rings. The third kappa shape index (κ3) is 6.08. The maximum absolute atomic E-state index is 14.4. The van der Waals surface area contributed by atoms with Gasteiger partial charge < -0.3 is 0 Å². The zero-order chi connectivity index (χ0) is 23.0. The molecule has 1 aliphatic rings. The molecule has 3 nitrogen and oxygen atoms in total. The minimum absolute atomic E-state index is 0.0540. The van der Waals surface area contributed by atoms with Crippen molar-refractivity contribution in [3.63, 3.8) is 0 Å². The van der Waals surface area contributed by atoms with E-state index in [9.17, 15) is 30.8 Å². The molecule has 1 aliphatic heterocycles. The summed E-state index contributed by atoms with van der Waals surface area (Å²) in [6.45, 7) is 0. The van der Waals surface area contributed by atoms with Gasteiger partial charge in [-0.2, -0.15) is 13.2 Å². The Bertz CT molecular complexity index is 1110. The molecule has 0 amide bonds. The standard InChI is InChI=1S/C21H16Cl2F4O3S/c22-15-7-14(8-16(23)9-15)18(21(25,26)27)4-2-12-1-3-17(19(24)5-12)20(28)6-13-10-31(29,30)11-13/h1-5,7-9,13,18H,6,10-11H2/b4-2+. The topological polar surface area (TPSA) is 51.2 Å². The van der Waals surface area contributed by atoms with E-state index in [4.69, 9.17) is 23.2 Å². The highest BCUT2D eigenvalue weighted by Gasteiger charge is 2.39. The van der Waals surface area contributed by atoms with Crippen LogP contribution in [0.25, 0.3) is 6.08 Å². The smallest absolute Gasteiger partial charge is 0.294 e. The van der Waals surface area contributed by atoms with Crippen molar-refractivity contribution in [1.82, 2.24) is 0 Å². The number of ketones is 1. The summed E-state index contributed by atoms with van der Waals surface area (Å²) in [5.74, 6) is -4.00. The third-order valence-corrected chi connectivity index (χ3v) is 7.22. The zero-order valence-electron chi connectivity index (χ0n) is 15.8.